The van der Waals surface area contributed by atoms with E-state index in [9.17, 15) is 30.8 Å². The molecule has 0 aromatic heterocycles. The van der Waals surface area contributed by atoms with Crippen LogP contribution in [0.25, 0.3) is 0 Å². The number of anilines is 2. The van der Waals surface area contributed by atoms with Gasteiger partial charge in [-0.25, -0.2) is 12.8 Å². The standard InChI is InChI=1S/C18H19F4N3O3S/c1-10(11-4-6-16(14(19)7-11)25-29(2,27)28)17(26)24-9-12-3-5-13(8-15(12)23)18(20,21)22/h3-8,10,25H,9,23H2,1-2H3,(H,24,26). The fourth-order valence-electron chi connectivity index (χ4n) is 2.50. The molecule has 1 unspecified atom stereocenters. The van der Waals surface area contributed by atoms with Gasteiger partial charge in [0.2, 0.25) is 15.9 Å². The predicted octanol–water partition coefficient (Wildman–Crippen LogP) is 3.22. The van der Waals surface area contributed by atoms with E-state index < -0.39 is 39.4 Å². The summed E-state index contributed by atoms with van der Waals surface area (Å²) in [4.78, 5) is 12.3. The predicted molar refractivity (Wildman–Crippen MR) is 101 cm³/mol. The molecule has 0 aliphatic carbocycles. The third-order valence-corrected chi connectivity index (χ3v) is 4.70. The molecule has 2 aromatic rings. The first-order valence-electron chi connectivity index (χ1n) is 8.28. The van der Waals surface area contributed by atoms with Crippen molar-refractivity contribution in [3.8, 4) is 0 Å². The Balaban J connectivity index is 2.07. The van der Waals surface area contributed by atoms with Crippen LogP contribution in [-0.4, -0.2) is 20.6 Å². The molecule has 0 aliphatic heterocycles. The highest BCUT2D eigenvalue weighted by molar-refractivity contribution is 7.92. The Morgan fingerprint density at radius 2 is 1.83 bits per heavy atom. The molecule has 2 rings (SSSR count). The van der Waals surface area contributed by atoms with Gasteiger partial charge in [0.1, 0.15) is 5.82 Å². The highest BCUT2D eigenvalue weighted by atomic mass is 32.2. The summed E-state index contributed by atoms with van der Waals surface area (Å²) in [6.07, 6.45) is -3.64. The number of nitrogens with one attached hydrogen (secondary N) is 2. The molecule has 0 heterocycles. The smallest absolute Gasteiger partial charge is 0.398 e. The number of sulfonamides is 1. The fraction of sp³-hybridized carbons (Fsp3) is 0.278. The first kappa shape index (κ1) is 22.5. The number of halogens is 4. The second-order valence-electron chi connectivity index (χ2n) is 6.46. The zero-order chi connectivity index (χ0) is 22.0. The second kappa shape index (κ2) is 8.27. The van der Waals surface area contributed by atoms with Gasteiger partial charge in [-0.15, -0.1) is 0 Å². The minimum atomic E-state index is -4.52. The molecule has 0 fully saturated rings. The van der Waals surface area contributed by atoms with E-state index in [1.807, 2.05) is 4.72 Å². The van der Waals surface area contributed by atoms with Gasteiger partial charge in [-0.3, -0.25) is 9.52 Å². The third-order valence-electron chi connectivity index (χ3n) is 4.11. The van der Waals surface area contributed by atoms with Crippen LogP contribution in [0.15, 0.2) is 36.4 Å². The average molecular weight is 433 g/mol. The monoisotopic (exact) mass is 433 g/mol. The normalized spacial score (nSPS) is 13.0. The van der Waals surface area contributed by atoms with Crippen LogP contribution >= 0.6 is 0 Å². The van der Waals surface area contributed by atoms with E-state index >= 15 is 0 Å². The van der Waals surface area contributed by atoms with Gasteiger partial charge in [0.05, 0.1) is 23.4 Å². The van der Waals surface area contributed by atoms with Crippen LogP contribution in [0.1, 0.15) is 29.5 Å². The molecule has 1 atom stereocenters. The lowest BCUT2D eigenvalue weighted by Gasteiger charge is -2.15. The molecular weight excluding hydrogens is 414 g/mol. The number of amides is 1. The van der Waals surface area contributed by atoms with Gasteiger partial charge in [-0.1, -0.05) is 12.1 Å². The molecule has 0 radical (unpaired) electrons. The van der Waals surface area contributed by atoms with E-state index in [0.717, 1.165) is 24.5 Å². The van der Waals surface area contributed by atoms with Crippen molar-refractivity contribution >= 4 is 27.3 Å². The van der Waals surface area contributed by atoms with Crippen LogP contribution in [0.4, 0.5) is 28.9 Å². The lowest BCUT2D eigenvalue weighted by molar-refractivity contribution is -0.137. The van der Waals surface area contributed by atoms with Crippen molar-refractivity contribution in [1.29, 1.82) is 0 Å². The Bertz CT molecular complexity index is 1020. The average Bonchev–Trinajstić information content (AvgIpc) is 2.59. The summed E-state index contributed by atoms with van der Waals surface area (Å²) in [5.41, 5.74) is 4.96. The minimum Gasteiger partial charge on any atom is -0.398 e. The van der Waals surface area contributed by atoms with Gasteiger partial charge in [-0.05, 0) is 42.3 Å². The van der Waals surface area contributed by atoms with E-state index in [-0.39, 0.29) is 17.9 Å². The summed E-state index contributed by atoms with van der Waals surface area (Å²) in [5, 5.41) is 2.53. The van der Waals surface area contributed by atoms with Gasteiger partial charge >= 0.3 is 6.18 Å². The topological polar surface area (TPSA) is 101 Å². The van der Waals surface area contributed by atoms with E-state index in [0.29, 0.717) is 11.1 Å². The number of carbonyl (C=O) groups is 1. The van der Waals surface area contributed by atoms with Crippen LogP contribution in [0, 0.1) is 5.82 Å². The maximum Gasteiger partial charge on any atom is 0.416 e. The van der Waals surface area contributed by atoms with Gasteiger partial charge in [0.15, 0.2) is 0 Å². The number of hydrogen-bond donors (Lipinski definition) is 3. The van der Waals surface area contributed by atoms with Gasteiger partial charge in [-0.2, -0.15) is 13.2 Å². The SMILES string of the molecule is CC(C(=O)NCc1ccc(C(F)(F)F)cc1N)c1ccc(NS(C)(=O)=O)c(F)c1. The number of benzene rings is 2. The summed E-state index contributed by atoms with van der Waals surface area (Å²) in [6, 6.07) is 6.45. The molecule has 158 valence electrons. The number of rotatable bonds is 6. The number of nitrogens with two attached hydrogens (primary N) is 1. The molecule has 1 amide bonds. The Morgan fingerprint density at radius 1 is 1.17 bits per heavy atom. The molecule has 11 heteroatoms. The van der Waals surface area contributed by atoms with Crippen LogP contribution in [0.5, 0.6) is 0 Å². The largest absolute Gasteiger partial charge is 0.416 e. The lowest BCUT2D eigenvalue weighted by Crippen LogP contribution is -2.28. The van der Waals surface area contributed by atoms with Crippen molar-refractivity contribution in [2.24, 2.45) is 0 Å². The van der Waals surface area contributed by atoms with Crippen molar-refractivity contribution < 1.29 is 30.8 Å². The Labute approximate surface area is 165 Å². The Morgan fingerprint density at radius 3 is 2.34 bits per heavy atom. The van der Waals surface area contributed by atoms with Crippen molar-refractivity contribution in [3.05, 3.63) is 58.9 Å². The fourth-order valence-corrected chi connectivity index (χ4v) is 3.07. The van der Waals surface area contributed by atoms with Crippen LogP contribution in [0.3, 0.4) is 0 Å². The van der Waals surface area contributed by atoms with Crippen LogP contribution in [-0.2, 0) is 27.5 Å². The number of carbonyl (C=O) groups excluding carboxylic acids is 1. The second-order valence-corrected chi connectivity index (χ2v) is 8.21. The molecule has 0 saturated heterocycles. The Kier molecular flexibility index (Phi) is 6.41. The lowest BCUT2D eigenvalue weighted by atomic mass is 9.99. The highest BCUT2D eigenvalue weighted by Gasteiger charge is 2.30. The first-order chi connectivity index (χ1) is 13.3. The molecule has 0 spiro atoms. The zero-order valence-electron chi connectivity index (χ0n) is 15.5. The number of alkyl halides is 3. The maximum atomic E-state index is 14.1. The van der Waals surface area contributed by atoms with E-state index in [1.54, 1.807) is 0 Å². The van der Waals surface area contributed by atoms with Gasteiger partial charge < -0.3 is 11.1 Å². The quantitative estimate of drug-likeness (QED) is 0.481. The molecule has 0 aliphatic rings. The molecule has 6 nitrogen and oxygen atoms in total. The van der Waals surface area contributed by atoms with Gasteiger partial charge in [0, 0.05) is 12.2 Å². The number of hydrogen-bond acceptors (Lipinski definition) is 4. The van der Waals surface area contributed by atoms with Crippen molar-refractivity contribution in [2.75, 3.05) is 16.7 Å². The molecule has 0 saturated carbocycles. The summed E-state index contributed by atoms with van der Waals surface area (Å²) >= 11 is 0. The van der Waals surface area contributed by atoms with Crippen molar-refractivity contribution in [2.45, 2.75) is 25.6 Å². The summed E-state index contributed by atoms with van der Waals surface area (Å²) in [5.74, 6) is -2.15. The maximum absolute atomic E-state index is 14.1. The van der Waals surface area contributed by atoms with Crippen molar-refractivity contribution in [3.63, 3.8) is 0 Å². The van der Waals surface area contributed by atoms with Crippen LogP contribution < -0.4 is 15.8 Å². The van der Waals surface area contributed by atoms with Crippen molar-refractivity contribution in [1.82, 2.24) is 5.32 Å². The van der Waals surface area contributed by atoms with Crippen LogP contribution in [0.2, 0.25) is 0 Å². The first-order valence-corrected chi connectivity index (χ1v) is 10.2. The van der Waals surface area contributed by atoms with E-state index in [1.165, 1.54) is 25.1 Å². The number of nitrogen functional groups attached to an aromatic ring is 1. The minimum absolute atomic E-state index is 0.108. The highest BCUT2D eigenvalue weighted by Crippen LogP contribution is 2.31. The third kappa shape index (κ3) is 6.08. The van der Waals surface area contributed by atoms with Gasteiger partial charge in [0.25, 0.3) is 0 Å². The molecular formula is C18H19F4N3O3S. The molecule has 29 heavy (non-hydrogen) atoms. The summed E-state index contributed by atoms with van der Waals surface area (Å²) in [6.45, 7) is 1.40. The molecule has 0 bridgehead atoms. The molecule has 4 N–H and O–H groups in total. The zero-order valence-corrected chi connectivity index (χ0v) is 16.3. The molecule has 2 aromatic carbocycles. The summed E-state index contributed by atoms with van der Waals surface area (Å²) < 4.78 is 76.5. The van der Waals surface area contributed by atoms with E-state index in [4.69, 9.17) is 5.73 Å². The van der Waals surface area contributed by atoms with E-state index in [2.05, 4.69) is 5.32 Å². The summed E-state index contributed by atoms with van der Waals surface area (Å²) in [7, 11) is -3.66. The Hall–Kier alpha value is -2.82.